The first-order chi connectivity index (χ1) is 10.9. The van der Waals surface area contributed by atoms with Crippen molar-refractivity contribution in [3.8, 4) is 0 Å². The number of halogens is 3. The molecule has 124 valence electrons. The summed E-state index contributed by atoms with van der Waals surface area (Å²) in [6, 6.07) is 2.88. The molecule has 0 aliphatic carbocycles. The minimum Gasteiger partial charge on any atom is -0.361 e. The van der Waals surface area contributed by atoms with E-state index in [-0.39, 0.29) is 0 Å². The van der Waals surface area contributed by atoms with Gasteiger partial charge in [-0.1, -0.05) is 5.16 Å². The van der Waals surface area contributed by atoms with Crippen molar-refractivity contribution in [3.63, 3.8) is 0 Å². The lowest BCUT2D eigenvalue weighted by Crippen LogP contribution is -2.46. The largest absolute Gasteiger partial charge is 0.433 e. The summed E-state index contributed by atoms with van der Waals surface area (Å²) < 4.78 is 43.2. The van der Waals surface area contributed by atoms with Crippen LogP contribution in [0.4, 0.5) is 19.0 Å². The zero-order valence-electron chi connectivity index (χ0n) is 12.5. The third-order valence-electron chi connectivity index (χ3n) is 3.70. The molecule has 0 unspecified atom stereocenters. The molecule has 1 saturated heterocycles. The van der Waals surface area contributed by atoms with Crippen molar-refractivity contribution in [3.05, 3.63) is 35.6 Å². The second kappa shape index (κ2) is 6.15. The van der Waals surface area contributed by atoms with Gasteiger partial charge in [0.25, 0.3) is 0 Å². The molecule has 2 aromatic rings. The Bertz CT molecular complexity index is 664. The molecular formula is C14H16F3N5O. The minimum atomic E-state index is -4.45. The molecule has 2 aromatic heterocycles. The molecule has 1 aliphatic heterocycles. The van der Waals surface area contributed by atoms with Crippen molar-refractivity contribution < 1.29 is 17.7 Å². The standard InChI is InChI=1S/C14H16F3N5O/c1-10-6-11(20-23-10)8-21-2-4-22(5-3-21)13-7-12(14(15,16)17)18-9-19-13/h6-7,9H,2-5,8H2,1H3. The lowest BCUT2D eigenvalue weighted by molar-refractivity contribution is -0.141. The first kappa shape index (κ1) is 15.7. The lowest BCUT2D eigenvalue weighted by atomic mass is 10.2. The Labute approximate surface area is 130 Å². The number of nitrogens with zero attached hydrogens (tertiary/aromatic N) is 5. The third kappa shape index (κ3) is 3.79. The van der Waals surface area contributed by atoms with Gasteiger partial charge in [0.2, 0.25) is 0 Å². The zero-order valence-corrected chi connectivity index (χ0v) is 12.5. The second-order valence-electron chi connectivity index (χ2n) is 5.45. The van der Waals surface area contributed by atoms with E-state index in [4.69, 9.17) is 4.52 Å². The molecule has 0 radical (unpaired) electrons. The van der Waals surface area contributed by atoms with Crippen molar-refractivity contribution in [2.75, 3.05) is 31.1 Å². The van der Waals surface area contributed by atoms with Crippen molar-refractivity contribution in [1.82, 2.24) is 20.0 Å². The Morgan fingerprint density at radius 1 is 1.13 bits per heavy atom. The molecule has 3 heterocycles. The Morgan fingerprint density at radius 3 is 2.48 bits per heavy atom. The summed E-state index contributed by atoms with van der Waals surface area (Å²) in [6.45, 7) is 5.15. The Morgan fingerprint density at radius 2 is 1.87 bits per heavy atom. The number of aromatic nitrogens is 3. The van der Waals surface area contributed by atoms with Crippen LogP contribution in [0, 0.1) is 6.92 Å². The van der Waals surface area contributed by atoms with Crippen LogP contribution in [-0.4, -0.2) is 46.2 Å². The van der Waals surface area contributed by atoms with Gasteiger partial charge in [0.15, 0.2) is 0 Å². The molecule has 0 aromatic carbocycles. The van der Waals surface area contributed by atoms with Gasteiger partial charge in [-0.3, -0.25) is 4.90 Å². The van der Waals surface area contributed by atoms with Crippen molar-refractivity contribution in [2.45, 2.75) is 19.6 Å². The van der Waals surface area contributed by atoms with Crippen LogP contribution in [0.5, 0.6) is 0 Å². The number of hydrogen-bond donors (Lipinski definition) is 0. The summed E-state index contributed by atoms with van der Waals surface area (Å²) in [4.78, 5) is 11.3. The maximum Gasteiger partial charge on any atom is 0.433 e. The predicted molar refractivity (Wildman–Crippen MR) is 75.8 cm³/mol. The maximum absolute atomic E-state index is 12.7. The van der Waals surface area contributed by atoms with Crippen LogP contribution in [0.3, 0.4) is 0 Å². The quantitative estimate of drug-likeness (QED) is 0.861. The zero-order chi connectivity index (χ0) is 16.4. The first-order valence-corrected chi connectivity index (χ1v) is 7.20. The van der Waals surface area contributed by atoms with Crippen LogP contribution in [0.15, 0.2) is 23.0 Å². The van der Waals surface area contributed by atoms with Gasteiger partial charge in [-0.2, -0.15) is 13.2 Å². The van der Waals surface area contributed by atoms with Gasteiger partial charge in [-0.15, -0.1) is 0 Å². The van der Waals surface area contributed by atoms with E-state index in [1.54, 1.807) is 0 Å². The summed E-state index contributed by atoms with van der Waals surface area (Å²) in [6.07, 6.45) is -3.49. The number of aryl methyl sites for hydroxylation is 1. The number of alkyl halides is 3. The number of anilines is 1. The SMILES string of the molecule is Cc1cc(CN2CCN(c3cc(C(F)(F)F)ncn3)CC2)no1. The first-order valence-electron chi connectivity index (χ1n) is 7.20. The highest BCUT2D eigenvalue weighted by molar-refractivity contribution is 5.40. The van der Waals surface area contributed by atoms with Crippen LogP contribution < -0.4 is 4.90 Å². The van der Waals surface area contributed by atoms with E-state index in [2.05, 4.69) is 20.0 Å². The highest BCUT2D eigenvalue weighted by atomic mass is 19.4. The van der Waals surface area contributed by atoms with E-state index < -0.39 is 11.9 Å². The minimum absolute atomic E-state index is 0.309. The smallest absolute Gasteiger partial charge is 0.361 e. The fraction of sp³-hybridized carbons (Fsp3) is 0.500. The van der Waals surface area contributed by atoms with E-state index in [1.807, 2.05) is 17.9 Å². The van der Waals surface area contributed by atoms with Crippen molar-refractivity contribution in [1.29, 1.82) is 0 Å². The number of hydrogen-bond acceptors (Lipinski definition) is 6. The van der Waals surface area contributed by atoms with Crippen LogP contribution in [0.25, 0.3) is 0 Å². The molecule has 0 atom stereocenters. The van der Waals surface area contributed by atoms with Crippen molar-refractivity contribution in [2.24, 2.45) is 0 Å². The van der Waals surface area contributed by atoms with E-state index in [0.717, 1.165) is 36.9 Å². The van der Waals surface area contributed by atoms with Crippen LogP contribution in [-0.2, 0) is 12.7 Å². The highest BCUT2D eigenvalue weighted by Gasteiger charge is 2.33. The monoisotopic (exact) mass is 327 g/mol. The molecule has 1 fully saturated rings. The van der Waals surface area contributed by atoms with Gasteiger partial charge in [0.1, 0.15) is 23.6 Å². The lowest BCUT2D eigenvalue weighted by Gasteiger charge is -2.35. The molecule has 0 saturated carbocycles. The molecule has 6 nitrogen and oxygen atoms in total. The second-order valence-corrected chi connectivity index (χ2v) is 5.45. The molecule has 0 amide bonds. The van der Waals surface area contributed by atoms with Crippen LogP contribution >= 0.6 is 0 Å². The molecule has 1 aliphatic rings. The molecule has 0 N–H and O–H groups in total. The number of rotatable bonds is 3. The van der Waals surface area contributed by atoms with Crippen molar-refractivity contribution >= 4 is 5.82 Å². The van der Waals surface area contributed by atoms with Gasteiger partial charge in [-0.05, 0) is 6.92 Å². The van der Waals surface area contributed by atoms with Crippen LogP contribution in [0.1, 0.15) is 17.1 Å². The normalized spacial score (nSPS) is 16.8. The Balaban J connectivity index is 1.60. The van der Waals surface area contributed by atoms with Gasteiger partial charge in [0.05, 0.1) is 5.69 Å². The number of piperazine rings is 1. The van der Waals surface area contributed by atoms with Gasteiger partial charge in [-0.25, -0.2) is 9.97 Å². The van der Waals surface area contributed by atoms with E-state index in [0.29, 0.717) is 25.5 Å². The summed E-state index contributed by atoms with van der Waals surface area (Å²) in [5.41, 5.74) is -0.0552. The molecule has 23 heavy (non-hydrogen) atoms. The topological polar surface area (TPSA) is 58.3 Å². The molecule has 0 spiro atoms. The average molecular weight is 327 g/mol. The van der Waals surface area contributed by atoms with Gasteiger partial charge < -0.3 is 9.42 Å². The third-order valence-corrected chi connectivity index (χ3v) is 3.70. The Hall–Kier alpha value is -2.16. The van der Waals surface area contributed by atoms with E-state index in [9.17, 15) is 13.2 Å². The molecular weight excluding hydrogens is 311 g/mol. The fourth-order valence-corrected chi connectivity index (χ4v) is 2.53. The van der Waals surface area contributed by atoms with Gasteiger partial charge >= 0.3 is 6.18 Å². The van der Waals surface area contributed by atoms with E-state index in [1.165, 1.54) is 0 Å². The average Bonchev–Trinajstić information content (AvgIpc) is 2.92. The summed E-state index contributed by atoms with van der Waals surface area (Å²) in [5, 5.41) is 3.95. The molecule has 0 bridgehead atoms. The summed E-state index contributed by atoms with van der Waals surface area (Å²) in [7, 11) is 0. The van der Waals surface area contributed by atoms with E-state index >= 15 is 0 Å². The predicted octanol–water partition coefficient (Wildman–Crippen LogP) is 2.11. The Kier molecular flexibility index (Phi) is 4.20. The summed E-state index contributed by atoms with van der Waals surface area (Å²) >= 11 is 0. The van der Waals surface area contributed by atoms with Crippen LogP contribution in [0.2, 0.25) is 0 Å². The summed E-state index contributed by atoms with van der Waals surface area (Å²) in [5.74, 6) is 1.07. The molecule has 3 rings (SSSR count). The maximum atomic E-state index is 12.7. The highest BCUT2D eigenvalue weighted by Crippen LogP contribution is 2.29. The molecule has 9 heteroatoms. The van der Waals surface area contributed by atoms with Gasteiger partial charge in [0, 0.05) is 44.9 Å². The fourth-order valence-electron chi connectivity index (χ4n) is 2.53.